The van der Waals surface area contributed by atoms with E-state index in [9.17, 15) is 13.2 Å². The van der Waals surface area contributed by atoms with Crippen LogP contribution < -0.4 is 5.32 Å². The number of nitrogens with one attached hydrogen (secondary N) is 1. The molecule has 0 bridgehead atoms. The van der Waals surface area contributed by atoms with Crippen molar-refractivity contribution in [3.63, 3.8) is 0 Å². The second kappa shape index (κ2) is 6.26. The van der Waals surface area contributed by atoms with Gasteiger partial charge < -0.3 is 5.32 Å². The Hall–Kier alpha value is -1.89. The molecule has 0 saturated heterocycles. The van der Waals surface area contributed by atoms with Gasteiger partial charge in [0.15, 0.2) is 11.5 Å². The number of alkyl halides is 3. The standard InChI is InChI=1S/C14H17F3N4/c1-10(2)8-18-9-11-4-3-5-13(19-11)21-7-6-12(20-21)14(15,16)17/h3-7,10,18H,8-9H2,1-2H3. The molecule has 114 valence electrons. The molecule has 0 amide bonds. The van der Waals surface area contributed by atoms with Crippen LogP contribution in [0.5, 0.6) is 0 Å². The monoisotopic (exact) mass is 298 g/mol. The number of nitrogens with zero attached hydrogens (tertiary/aromatic N) is 3. The summed E-state index contributed by atoms with van der Waals surface area (Å²) in [5.41, 5.74) is -0.162. The summed E-state index contributed by atoms with van der Waals surface area (Å²) in [6.07, 6.45) is -3.18. The van der Waals surface area contributed by atoms with Crippen molar-refractivity contribution in [3.05, 3.63) is 41.9 Å². The van der Waals surface area contributed by atoms with E-state index in [0.717, 1.165) is 23.0 Å². The van der Waals surface area contributed by atoms with Gasteiger partial charge in [-0.3, -0.25) is 0 Å². The van der Waals surface area contributed by atoms with E-state index in [1.54, 1.807) is 12.1 Å². The van der Waals surface area contributed by atoms with Crippen LogP contribution in [0, 0.1) is 5.92 Å². The number of hydrogen-bond donors (Lipinski definition) is 1. The van der Waals surface area contributed by atoms with E-state index < -0.39 is 11.9 Å². The smallest absolute Gasteiger partial charge is 0.311 e. The fourth-order valence-corrected chi connectivity index (χ4v) is 1.78. The zero-order chi connectivity index (χ0) is 15.5. The predicted molar refractivity (Wildman–Crippen MR) is 72.9 cm³/mol. The molecule has 0 unspecified atom stereocenters. The number of hydrogen-bond acceptors (Lipinski definition) is 3. The fourth-order valence-electron chi connectivity index (χ4n) is 1.78. The summed E-state index contributed by atoms with van der Waals surface area (Å²) < 4.78 is 38.7. The molecule has 2 heterocycles. The van der Waals surface area contributed by atoms with Gasteiger partial charge in [0.2, 0.25) is 0 Å². The maximum absolute atomic E-state index is 12.5. The van der Waals surface area contributed by atoms with Crippen molar-refractivity contribution in [2.75, 3.05) is 6.54 Å². The molecule has 0 radical (unpaired) electrons. The Morgan fingerprint density at radius 1 is 1.24 bits per heavy atom. The summed E-state index contributed by atoms with van der Waals surface area (Å²) in [5.74, 6) is 0.892. The predicted octanol–water partition coefficient (Wildman–Crippen LogP) is 3.03. The van der Waals surface area contributed by atoms with Crippen LogP contribution in [-0.4, -0.2) is 21.3 Å². The van der Waals surface area contributed by atoms with E-state index in [2.05, 4.69) is 29.2 Å². The van der Waals surface area contributed by atoms with Crippen LogP contribution in [0.4, 0.5) is 13.2 Å². The van der Waals surface area contributed by atoms with Crippen molar-refractivity contribution in [3.8, 4) is 5.82 Å². The van der Waals surface area contributed by atoms with E-state index >= 15 is 0 Å². The number of halogens is 3. The molecule has 0 spiro atoms. The molecule has 1 N–H and O–H groups in total. The highest BCUT2D eigenvalue weighted by Crippen LogP contribution is 2.27. The first-order valence-electron chi connectivity index (χ1n) is 6.66. The zero-order valence-electron chi connectivity index (χ0n) is 11.9. The van der Waals surface area contributed by atoms with Gasteiger partial charge in [0.05, 0.1) is 5.69 Å². The van der Waals surface area contributed by atoms with E-state index in [1.807, 2.05) is 6.07 Å². The van der Waals surface area contributed by atoms with Crippen LogP contribution in [0.15, 0.2) is 30.5 Å². The molecule has 0 aliphatic rings. The van der Waals surface area contributed by atoms with Crippen molar-refractivity contribution in [2.24, 2.45) is 5.92 Å². The lowest BCUT2D eigenvalue weighted by molar-refractivity contribution is -0.141. The minimum Gasteiger partial charge on any atom is -0.311 e. The Bertz CT molecular complexity index is 590. The highest BCUT2D eigenvalue weighted by Gasteiger charge is 2.33. The van der Waals surface area contributed by atoms with Gasteiger partial charge in [0.25, 0.3) is 0 Å². The maximum Gasteiger partial charge on any atom is 0.435 e. The van der Waals surface area contributed by atoms with E-state index in [-0.39, 0.29) is 0 Å². The summed E-state index contributed by atoms with van der Waals surface area (Å²) in [7, 11) is 0. The van der Waals surface area contributed by atoms with Gasteiger partial charge in [-0.25, -0.2) is 9.67 Å². The first kappa shape index (κ1) is 15.5. The van der Waals surface area contributed by atoms with Crippen LogP contribution >= 0.6 is 0 Å². The number of pyridine rings is 1. The van der Waals surface area contributed by atoms with Crippen LogP contribution in [0.2, 0.25) is 0 Å². The quantitative estimate of drug-likeness (QED) is 0.922. The molecule has 0 saturated carbocycles. The molecule has 0 fully saturated rings. The molecule has 0 atom stereocenters. The first-order chi connectivity index (χ1) is 9.86. The lowest BCUT2D eigenvalue weighted by Gasteiger charge is -2.08. The Kier molecular flexibility index (Phi) is 4.62. The molecule has 2 aromatic heterocycles. The summed E-state index contributed by atoms with van der Waals surface area (Å²) >= 11 is 0. The molecule has 0 aliphatic heterocycles. The largest absolute Gasteiger partial charge is 0.435 e. The van der Waals surface area contributed by atoms with Gasteiger partial charge in [0, 0.05) is 12.7 Å². The van der Waals surface area contributed by atoms with Gasteiger partial charge in [-0.2, -0.15) is 18.3 Å². The maximum atomic E-state index is 12.5. The molecule has 0 aliphatic carbocycles. The minimum atomic E-state index is -4.44. The molecule has 4 nitrogen and oxygen atoms in total. The fraction of sp³-hybridized carbons (Fsp3) is 0.429. The van der Waals surface area contributed by atoms with Gasteiger partial charge in [0.1, 0.15) is 0 Å². The lowest BCUT2D eigenvalue weighted by atomic mass is 10.2. The average molecular weight is 298 g/mol. The summed E-state index contributed by atoms with van der Waals surface area (Å²) in [6.45, 7) is 5.61. The van der Waals surface area contributed by atoms with Gasteiger partial charge in [-0.15, -0.1) is 0 Å². The Balaban J connectivity index is 2.12. The topological polar surface area (TPSA) is 42.7 Å². The van der Waals surface area contributed by atoms with Crippen molar-refractivity contribution < 1.29 is 13.2 Å². The SMILES string of the molecule is CC(C)CNCc1cccc(-n2ccc(C(F)(F)F)n2)n1. The van der Waals surface area contributed by atoms with Crippen LogP contribution in [0.25, 0.3) is 5.82 Å². The summed E-state index contributed by atoms with van der Waals surface area (Å²) in [6, 6.07) is 6.14. The van der Waals surface area contributed by atoms with Crippen LogP contribution in [0.1, 0.15) is 25.2 Å². The average Bonchev–Trinajstić information content (AvgIpc) is 2.88. The zero-order valence-corrected chi connectivity index (χ0v) is 11.9. The third-order valence-corrected chi connectivity index (χ3v) is 2.77. The third-order valence-electron chi connectivity index (χ3n) is 2.77. The molecule has 2 aromatic rings. The Morgan fingerprint density at radius 2 is 2.00 bits per heavy atom. The van der Waals surface area contributed by atoms with Gasteiger partial charge in [-0.1, -0.05) is 19.9 Å². The second-order valence-corrected chi connectivity index (χ2v) is 5.16. The molecular weight excluding hydrogens is 281 g/mol. The Labute approximate surface area is 121 Å². The van der Waals surface area contributed by atoms with E-state index in [1.165, 1.54) is 6.20 Å². The first-order valence-corrected chi connectivity index (χ1v) is 6.66. The lowest BCUT2D eigenvalue weighted by Crippen LogP contribution is -2.20. The summed E-state index contributed by atoms with van der Waals surface area (Å²) in [5, 5.41) is 6.75. The molecular formula is C14H17F3N4. The van der Waals surface area contributed by atoms with Gasteiger partial charge >= 0.3 is 6.18 Å². The number of aromatic nitrogens is 3. The third kappa shape index (κ3) is 4.29. The van der Waals surface area contributed by atoms with Gasteiger partial charge in [-0.05, 0) is 30.7 Å². The molecule has 0 aromatic carbocycles. The van der Waals surface area contributed by atoms with E-state index in [4.69, 9.17) is 0 Å². The highest BCUT2D eigenvalue weighted by molar-refractivity contribution is 5.24. The van der Waals surface area contributed by atoms with E-state index in [0.29, 0.717) is 18.3 Å². The highest BCUT2D eigenvalue weighted by atomic mass is 19.4. The van der Waals surface area contributed by atoms with Crippen molar-refractivity contribution in [1.82, 2.24) is 20.1 Å². The molecule has 21 heavy (non-hydrogen) atoms. The second-order valence-electron chi connectivity index (χ2n) is 5.16. The van der Waals surface area contributed by atoms with Crippen molar-refractivity contribution in [2.45, 2.75) is 26.6 Å². The van der Waals surface area contributed by atoms with Crippen LogP contribution in [-0.2, 0) is 12.7 Å². The minimum absolute atomic E-state index is 0.370. The summed E-state index contributed by atoms with van der Waals surface area (Å²) in [4.78, 5) is 4.31. The normalized spacial score (nSPS) is 12.1. The molecule has 2 rings (SSSR count). The number of rotatable bonds is 5. The molecule has 7 heteroatoms. The van der Waals surface area contributed by atoms with Crippen LogP contribution in [0.3, 0.4) is 0 Å². The van der Waals surface area contributed by atoms with Crippen molar-refractivity contribution in [1.29, 1.82) is 0 Å². The Morgan fingerprint density at radius 3 is 2.62 bits per heavy atom. The van der Waals surface area contributed by atoms with Crippen molar-refractivity contribution >= 4 is 0 Å².